The first kappa shape index (κ1) is 14.7. The zero-order chi connectivity index (χ0) is 14.8. The Morgan fingerprint density at radius 3 is 2.45 bits per heavy atom. The molecule has 0 atom stereocenters. The Morgan fingerprint density at radius 2 is 1.80 bits per heavy atom. The molecular formula is C13H18N4O2S. The quantitative estimate of drug-likeness (QED) is 0.898. The van der Waals surface area contributed by atoms with E-state index in [0.717, 1.165) is 16.5 Å². The molecule has 0 aliphatic rings. The molecule has 1 heterocycles. The Bertz CT molecular complexity index is 713. The highest BCUT2D eigenvalue weighted by Gasteiger charge is 2.13. The van der Waals surface area contributed by atoms with Crippen LogP contribution in [0.15, 0.2) is 24.3 Å². The molecule has 1 aromatic heterocycles. The number of hydrogen-bond donors (Lipinski definition) is 1. The Labute approximate surface area is 118 Å². The molecule has 0 saturated carbocycles. The van der Waals surface area contributed by atoms with Gasteiger partial charge in [-0.2, -0.15) is 5.10 Å². The number of hydrogen-bond acceptors (Lipinski definition) is 5. The molecule has 0 unspecified atom stereocenters. The van der Waals surface area contributed by atoms with Crippen LogP contribution in [0.3, 0.4) is 0 Å². The molecule has 0 aliphatic carbocycles. The summed E-state index contributed by atoms with van der Waals surface area (Å²) in [5.74, 6) is 0.629. The third kappa shape index (κ3) is 3.05. The second kappa shape index (κ2) is 5.72. The number of fused-ring (bicyclic) bond motifs is 1. The smallest absolute Gasteiger partial charge is 0.215 e. The van der Waals surface area contributed by atoms with Crippen molar-refractivity contribution in [2.24, 2.45) is 0 Å². The molecule has 0 radical (unpaired) electrons. The number of rotatable bonds is 5. The molecule has 20 heavy (non-hydrogen) atoms. The maximum atomic E-state index is 11.7. The number of anilines is 1. The molecule has 7 heteroatoms. The summed E-state index contributed by atoms with van der Waals surface area (Å²) in [6, 6.07) is 7.78. The van der Waals surface area contributed by atoms with Crippen molar-refractivity contribution in [1.29, 1.82) is 0 Å². The van der Waals surface area contributed by atoms with Gasteiger partial charge in [-0.15, -0.1) is 5.10 Å². The average Bonchev–Trinajstić information content (AvgIpc) is 2.41. The van der Waals surface area contributed by atoms with Gasteiger partial charge in [-0.05, 0) is 6.92 Å². The van der Waals surface area contributed by atoms with Crippen molar-refractivity contribution in [1.82, 2.24) is 14.5 Å². The van der Waals surface area contributed by atoms with Crippen LogP contribution in [0, 0.1) is 6.92 Å². The zero-order valence-electron chi connectivity index (χ0n) is 11.8. The van der Waals surface area contributed by atoms with E-state index in [0.29, 0.717) is 12.4 Å². The minimum absolute atomic E-state index is 0.0177. The Kier molecular flexibility index (Phi) is 4.20. The van der Waals surface area contributed by atoms with E-state index in [4.69, 9.17) is 0 Å². The highest BCUT2D eigenvalue weighted by atomic mass is 32.2. The van der Waals surface area contributed by atoms with Gasteiger partial charge in [0.25, 0.3) is 0 Å². The van der Waals surface area contributed by atoms with Gasteiger partial charge in [-0.25, -0.2) is 12.7 Å². The fraction of sp³-hybridized carbons (Fsp3) is 0.385. The Hall–Kier alpha value is -1.73. The monoisotopic (exact) mass is 294 g/mol. The van der Waals surface area contributed by atoms with Gasteiger partial charge in [0.15, 0.2) is 5.82 Å². The molecule has 0 saturated heterocycles. The highest BCUT2D eigenvalue weighted by Crippen LogP contribution is 2.21. The molecule has 1 aromatic carbocycles. The lowest BCUT2D eigenvalue weighted by atomic mass is 10.1. The second-order valence-electron chi connectivity index (χ2n) is 4.70. The highest BCUT2D eigenvalue weighted by molar-refractivity contribution is 7.89. The van der Waals surface area contributed by atoms with Crippen LogP contribution in [-0.4, -0.2) is 49.3 Å². The third-order valence-electron chi connectivity index (χ3n) is 3.08. The van der Waals surface area contributed by atoms with Crippen molar-refractivity contribution < 1.29 is 8.42 Å². The maximum Gasteiger partial charge on any atom is 0.215 e. The molecule has 2 aromatic rings. The van der Waals surface area contributed by atoms with Crippen LogP contribution in [0.1, 0.15) is 5.69 Å². The van der Waals surface area contributed by atoms with Crippen LogP contribution >= 0.6 is 0 Å². The lowest BCUT2D eigenvalue weighted by molar-refractivity contribution is 0.521. The van der Waals surface area contributed by atoms with Crippen molar-refractivity contribution in [3.8, 4) is 0 Å². The molecular weight excluding hydrogens is 276 g/mol. The number of nitrogens with one attached hydrogen (secondary N) is 1. The predicted molar refractivity (Wildman–Crippen MR) is 80.2 cm³/mol. The van der Waals surface area contributed by atoms with Crippen LogP contribution < -0.4 is 5.32 Å². The van der Waals surface area contributed by atoms with E-state index in [9.17, 15) is 8.42 Å². The number of nitrogens with zero attached hydrogens (tertiary/aromatic N) is 3. The van der Waals surface area contributed by atoms with Crippen LogP contribution in [0.5, 0.6) is 0 Å². The van der Waals surface area contributed by atoms with Gasteiger partial charge >= 0.3 is 0 Å². The van der Waals surface area contributed by atoms with E-state index in [1.165, 1.54) is 18.4 Å². The number of sulfonamides is 1. The summed E-state index contributed by atoms with van der Waals surface area (Å²) in [6.45, 7) is 2.19. The van der Waals surface area contributed by atoms with Crippen LogP contribution in [0.25, 0.3) is 10.8 Å². The van der Waals surface area contributed by atoms with Gasteiger partial charge in [0, 0.05) is 31.4 Å². The lowest BCUT2D eigenvalue weighted by Gasteiger charge is -2.12. The molecule has 0 spiro atoms. The topological polar surface area (TPSA) is 75.2 Å². The van der Waals surface area contributed by atoms with E-state index in [-0.39, 0.29) is 5.75 Å². The molecule has 1 N–H and O–H groups in total. The van der Waals surface area contributed by atoms with Gasteiger partial charge in [0.1, 0.15) is 0 Å². The van der Waals surface area contributed by atoms with Crippen LogP contribution in [-0.2, 0) is 10.0 Å². The summed E-state index contributed by atoms with van der Waals surface area (Å²) < 4.78 is 24.6. The van der Waals surface area contributed by atoms with Crippen molar-refractivity contribution >= 4 is 26.6 Å². The molecule has 108 valence electrons. The van der Waals surface area contributed by atoms with Crippen molar-refractivity contribution in [3.63, 3.8) is 0 Å². The SMILES string of the molecule is Cc1nnc(NCCS(=O)(=O)N(C)C)c2ccccc12. The summed E-state index contributed by atoms with van der Waals surface area (Å²) >= 11 is 0. The fourth-order valence-electron chi connectivity index (χ4n) is 1.85. The fourth-order valence-corrected chi connectivity index (χ4v) is 2.57. The van der Waals surface area contributed by atoms with E-state index >= 15 is 0 Å². The van der Waals surface area contributed by atoms with Gasteiger partial charge in [-0.3, -0.25) is 0 Å². The molecule has 0 bridgehead atoms. The Morgan fingerprint density at radius 1 is 1.15 bits per heavy atom. The third-order valence-corrected chi connectivity index (χ3v) is 4.91. The lowest BCUT2D eigenvalue weighted by Crippen LogP contribution is -2.28. The van der Waals surface area contributed by atoms with Crippen molar-refractivity contribution in [3.05, 3.63) is 30.0 Å². The van der Waals surface area contributed by atoms with Gasteiger partial charge in [0.05, 0.1) is 11.4 Å². The van der Waals surface area contributed by atoms with Gasteiger partial charge in [-0.1, -0.05) is 24.3 Å². The summed E-state index contributed by atoms with van der Waals surface area (Å²) in [7, 11) is -0.159. The minimum atomic E-state index is -3.21. The standard InChI is InChI=1S/C13H18N4O2S/c1-10-11-6-4-5-7-12(11)13(16-15-10)14-8-9-20(18,19)17(2)3/h4-7H,8-9H2,1-3H3,(H,14,16). The Balaban J connectivity index is 2.17. The first-order chi connectivity index (χ1) is 9.42. The van der Waals surface area contributed by atoms with E-state index in [1.54, 1.807) is 0 Å². The van der Waals surface area contributed by atoms with Crippen LogP contribution in [0.4, 0.5) is 5.82 Å². The van der Waals surface area contributed by atoms with E-state index < -0.39 is 10.0 Å². The summed E-state index contributed by atoms with van der Waals surface area (Å²) in [5, 5.41) is 13.2. The largest absolute Gasteiger partial charge is 0.367 e. The summed E-state index contributed by atoms with van der Waals surface area (Å²) in [6.07, 6.45) is 0. The zero-order valence-corrected chi connectivity index (χ0v) is 12.6. The normalized spacial score (nSPS) is 12.0. The number of aromatic nitrogens is 2. The number of benzene rings is 1. The molecule has 0 amide bonds. The average molecular weight is 294 g/mol. The molecule has 0 aliphatic heterocycles. The molecule has 6 nitrogen and oxygen atoms in total. The minimum Gasteiger partial charge on any atom is -0.367 e. The number of aryl methyl sites for hydroxylation is 1. The first-order valence-corrected chi connectivity index (χ1v) is 7.89. The van der Waals surface area contributed by atoms with E-state index in [1.807, 2.05) is 31.2 Å². The van der Waals surface area contributed by atoms with E-state index in [2.05, 4.69) is 15.5 Å². The van der Waals surface area contributed by atoms with Gasteiger partial charge < -0.3 is 5.32 Å². The van der Waals surface area contributed by atoms with Crippen molar-refractivity contribution in [2.45, 2.75) is 6.92 Å². The van der Waals surface area contributed by atoms with Crippen molar-refractivity contribution in [2.75, 3.05) is 31.7 Å². The van der Waals surface area contributed by atoms with Crippen LogP contribution in [0.2, 0.25) is 0 Å². The maximum absolute atomic E-state index is 11.7. The predicted octanol–water partition coefficient (Wildman–Crippen LogP) is 1.24. The summed E-state index contributed by atoms with van der Waals surface area (Å²) in [5.41, 5.74) is 0.854. The molecule has 0 fully saturated rings. The summed E-state index contributed by atoms with van der Waals surface area (Å²) in [4.78, 5) is 0. The second-order valence-corrected chi connectivity index (χ2v) is 7.01. The van der Waals surface area contributed by atoms with Gasteiger partial charge in [0.2, 0.25) is 10.0 Å². The first-order valence-electron chi connectivity index (χ1n) is 6.28. The molecule has 2 rings (SSSR count).